The molecule has 3 heteroatoms. The molecule has 1 saturated heterocycles. The second-order valence-corrected chi connectivity index (χ2v) is 5.81. The normalized spacial score (nSPS) is 20.3. The van der Waals surface area contributed by atoms with Gasteiger partial charge in [-0.3, -0.25) is 4.90 Å². The van der Waals surface area contributed by atoms with Crippen LogP contribution >= 0.6 is 0 Å². The number of nitrogens with one attached hydrogen (secondary N) is 1. The third-order valence-corrected chi connectivity index (χ3v) is 4.05. The molecule has 0 amide bonds. The molecule has 1 heterocycles. The van der Waals surface area contributed by atoms with Gasteiger partial charge < -0.3 is 10.2 Å². The minimum atomic E-state index is 0.725. The van der Waals surface area contributed by atoms with E-state index in [0.717, 1.165) is 19.1 Å². The average Bonchev–Trinajstić information content (AvgIpc) is 2.68. The highest BCUT2D eigenvalue weighted by molar-refractivity contribution is 5.45. The lowest BCUT2D eigenvalue weighted by molar-refractivity contribution is 0.216. The van der Waals surface area contributed by atoms with Gasteiger partial charge in [-0.25, -0.2) is 0 Å². The van der Waals surface area contributed by atoms with E-state index < -0.39 is 0 Å². The molecule has 3 nitrogen and oxygen atoms in total. The fourth-order valence-electron chi connectivity index (χ4n) is 2.76. The van der Waals surface area contributed by atoms with Crippen molar-refractivity contribution < 1.29 is 0 Å². The molecular weight excluding hydrogens is 234 g/mol. The lowest BCUT2D eigenvalue weighted by Crippen LogP contribution is -2.32. The number of benzene rings is 1. The Morgan fingerprint density at radius 2 is 1.79 bits per heavy atom. The molecule has 0 bridgehead atoms. The van der Waals surface area contributed by atoms with E-state index in [1.54, 1.807) is 0 Å². The molecule has 0 saturated carbocycles. The van der Waals surface area contributed by atoms with Crippen LogP contribution in [0.5, 0.6) is 0 Å². The van der Waals surface area contributed by atoms with E-state index in [2.05, 4.69) is 60.5 Å². The molecule has 0 aliphatic carbocycles. The van der Waals surface area contributed by atoms with Crippen molar-refractivity contribution in [2.24, 2.45) is 0 Å². The van der Waals surface area contributed by atoms with Crippen LogP contribution in [0.15, 0.2) is 24.3 Å². The molecule has 19 heavy (non-hydrogen) atoms. The van der Waals surface area contributed by atoms with Crippen LogP contribution in [-0.4, -0.2) is 45.2 Å². The summed E-state index contributed by atoms with van der Waals surface area (Å²) in [4.78, 5) is 4.65. The van der Waals surface area contributed by atoms with Crippen molar-refractivity contribution in [3.8, 4) is 0 Å². The first-order valence-electron chi connectivity index (χ1n) is 7.34. The highest BCUT2D eigenvalue weighted by Gasteiger charge is 2.16. The Labute approximate surface area is 117 Å². The highest BCUT2D eigenvalue weighted by atomic mass is 15.1. The summed E-state index contributed by atoms with van der Waals surface area (Å²) < 4.78 is 0. The zero-order valence-corrected chi connectivity index (χ0v) is 12.5. The number of anilines is 1. The number of nitrogens with zero attached hydrogens (tertiary/aromatic N) is 2. The van der Waals surface area contributed by atoms with Crippen molar-refractivity contribution in [1.82, 2.24) is 10.2 Å². The lowest BCUT2D eigenvalue weighted by Gasteiger charge is -2.27. The lowest BCUT2D eigenvalue weighted by atomic mass is 10.1. The van der Waals surface area contributed by atoms with Gasteiger partial charge in [0.15, 0.2) is 0 Å². The Hall–Kier alpha value is -1.06. The van der Waals surface area contributed by atoms with E-state index in [0.29, 0.717) is 0 Å². The summed E-state index contributed by atoms with van der Waals surface area (Å²) in [7, 11) is 6.43. The van der Waals surface area contributed by atoms with Gasteiger partial charge >= 0.3 is 0 Å². The van der Waals surface area contributed by atoms with Gasteiger partial charge in [0.1, 0.15) is 0 Å². The van der Waals surface area contributed by atoms with Gasteiger partial charge in [-0.15, -0.1) is 0 Å². The largest absolute Gasteiger partial charge is 0.378 e. The molecule has 0 spiro atoms. The van der Waals surface area contributed by atoms with Crippen LogP contribution in [0.1, 0.15) is 24.8 Å². The molecule has 2 rings (SSSR count). The molecule has 106 valence electrons. The van der Waals surface area contributed by atoms with Crippen molar-refractivity contribution in [3.63, 3.8) is 0 Å². The van der Waals surface area contributed by atoms with Crippen LogP contribution < -0.4 is 10.2 Å². The fourth-order valence-corrected chi connectivity index (χ4v) is 2.76. The van der Waals surface area contributed by atoms with Gasteiger partial charge in [0.05, 0.1) is 0 Å². The maximum absolute atomic E-state index is 3.48. The van der Waals surface area contributed by atoms with Gasteiger partial charge in [-0.2, -0.15) is 0 Å². The van der Waals surface area contributed by atoms with Crippen LogP contribution in [0.2, 0.25) is 0 Å². The Balaban J connectivity index is 1.91. The predicted octanol–water partition coefficient (Wildman–Crippen LogP) is 2.33. The molecule has 0 aromatic heterocycles. The van der Waals surface area contributed by atoms with Crippen LogP contribution in [0.4, 0.5) is 5.69 Å². The quantitative estimate of drug-likeness (QED) is 0.897. The minimum Gasteiger partial charge on any atom is -0.378 e. The molecule has 1 N–H and O–H groups in total. The van der Waals surface area contributed by atoms with Gasteiger partial charge in [0.2, 0.25) is 0 Å². The van der Waals surface area contributed by atoms with E-state index in [4.69, 9.17) is 0 Å². The number of hydrogen-bond acceptors (Lipinski definition) is 3. The monoisotopic (exact) mass is 261 g/mol. The second-order valence-electron chi connectivity index (χ2n) is 5.81. The first-order chi connectivity index (χ1) is 9.16. The van der Waals surface area contributed by atoms with Crippen molar-refractivity contribution >= 4 is 5.69 Å². The number of rotatable bonds is 4. The van der Waals surface area contributed by atoms with Crippen LogP contribution in [-0.2, 0) is 6.54 Å². The predicted molar refractivity (Wildman–Crippen MR) is 82.7 cm³/mol. The summed E-state index contributed by atoms with van der Waals surface area (Å²) in [6, 6.07) is 9.64. The Morgan fingerprint density at radius 1 is 1.05 bits per heavy atom. The molecule has 0 radical (unpaired) electrons. The third-order valence-electron chi connectivity index (χ3n) is 4.05. The maximum atomic E-state index is 3.48. The van der Waals surface area contributed by atoms with Crippen LogP contribution in [0, 0.1) is 0 Å². The van der Waals surface area contributed by atoms with Gasteiger partial charge in [-0.1, -0.05) is 12.1 Å². The molecule has 1 aliphatic rings. The van der Waals surface area contributed by atoms with Crippen molar-refractivity contribution in [2.75, 3.05) is 39.1 Å². The summed E-state index contributed by atoms with van der Waals surface area (Å²) in [6.45, 7) is 3.40. The SMILES string of the molecule is CN(C)c1ccc(CN(C)C2CCCNCC2)cc1. The van der Waals surface area contributed by atoms with E-state index in [-0.39, 0.29) is 0 Å². The average molecular weight is 261 g/mol. The maximum Gasteiger partial charge on any atom is 0.0361 e. The van der Waals surface area contributed by atoms with E-state index in [1.807, 2.05) is 0 Å². The van der Waals surface area contributed by atoms with Crippen molar-refractivity contribution in [3.05, 3.63) is 29.8 Å². The first kappa shape index (κ1) is 14.4. The zero-order valence-electron chi connectivity index (χ0n) is 12.5. The smallest absolute Gasteiger partial charge is 0.0361 e. The standard InChI is InChI=1S/C16H27N3/c1-18(2)15-8-6-14(7-9-15)13-19(3)16-5-4-11-17-12-10-16/h6-9,16-17H,4-5,10-13H2,1-3H3. The number of hydrogen-bond donors (Lipinski definition) is 1. The summed E-state index contributed by atoms with van der Waals surface area (Å²) in [6.07, 6.45) is 3.89. The topological polar surface area (TPSA) is 18.5 Å². The molecule has 1 atom stereocenters. The van der Waals surface area contributed by atoms with E-state index in [9.17, 15) is 0 Å². The Morgan fingerprint density at radius 3 is 2.47 bits per heavy atom. The Bertz CT molecular complexity index is 364. The van der Waals surface area contributed by atoms with Crippen LogP contribution in [0.25, 0.3) is 0 Å². The van der Waals surface area contributed by atoms with Crippen molar-refractivity contribution in [1.29, 1.82) is 0 Å². The highest BCUT2D eigenvalue weighted by Crippen LogP contribution is 2.17. The molecule has 1 aromatic carbocycles. The first-order valence-corrected chi connectivity index (χ1v) is 7.34. The molecule has 1 unspecified atom stereocenters. The van der Waals surface area contributed by atoms with E-state index in [1.165, 1.54) is 37.1 Å². The van der Waals surface area contributed by atoms with Gasteiger partial charge in [0.25, 0.3) is 0 Å². The zero-order chi connectivity index (χ0) is 13.7. The second kappa shape index (κ2) is 6.92. The van der Waals surface area contributed by atoms with E-state index >= 15 is 0 Å². The van der Waals surface area contributed by atoms with Gasteiger partial charge in [0, 0.05) is 32.4 Å². The van der Waals surface area contributed by atoms with Crippen LogP contribution in [0.3, 0.4) is 0 Å². The molecular formula is C16H27N3. The third kappa shape index (κ3) is 4.22. The summed E-state index contributed by atoms with van der Waals surface area (Å²) >= 11 is 0. The Kier molecular flexibility index (Phi) is 5.23. The summed E-state index contributed by atoms with van der Waals surface area (Å²) in [5.74, 6) is 0. The van der Waals surface area contributed by atoms with Gasteiger partial charge in [-0.05, 0) is 57.1 Å². The summed E-state index contributed by atoms with van der Waals surface area (Å²) in [5.41, 5.74) is 2.68. The summed E-state index contributed by atoms with van der Waals surface area (Å²) in [5, 5.41) is 3.48. The molecule has 1 aromatic rings. The molecule has 1 fully saturated rings. The van der Waals surface area contributed by atoms with Crippen molar-refractivity contribution in [2.45, 2.75) is 31.8 Å². The minimum absolute atomic E-state index is 0.725. The molecule has 1 aliphatic heterocycles. The fraction of sp³-hybridized carbons (Fsp3) is 0.625.